The number of carbonyl (C=O) groups excluding carboxylic acids is 1. The number of amides is 1. The van der Waals surface area contributed by atoms with Gasteiger partial charge in [0.15, 0.2) is 0 Å². The van der Waals surface area contributed by atoms with Gasteiger partial charge in [-0.25, -0.2) is 0 Å². The minimum Gasteiger partial charge on any atom is -0.338 e. The van der Waals surface area contributed by atoms with Crippen LogP contribution in [-0.2, 0) is 4.79 Å². The minimum absolute atomic E-state index is 0. The fourth-order valence-corrected chi connectivity index (χ4v) is 3.71. The molecule has 0 spiro atoms. The van der Waals surface area contributed by atoms with Gasteiger partial charge < -0.3 is 10.6 Å². The zero-order valence-electron chi connectivity index (χ0n) is 14.2. The molecule has 1 heterocycles. The molecule has 3 atom stereocenters. The van der Waals surface area contributed by atoms with Crippen LogP contribution in [0.4, 0.5) is 0 Å². The van der Waals surface area contributed by atoms with Gasteiger partial charge in [0.25, 0.3) is 0 Å². The first kappa shape index (κ1) is 18.3. The van der Waals surface area contributed by atoms with Crippen LogP contribution in [0.2, 0.25) is 0 Å². The molecule has 3 unspecified atom stereocenters. The van der Waals surface area contributed by atoms with Gasteiger partial charge in [0.2, 0.25) is 5.91 Å². The lowest BCUT2D eigenvalue weighted by Crippen LogP contribution is -2.48. The Kier molecular flexibility index (Phi) is 6.10. The van der Waals surface area contributed by atoms with Gasteiger partial charge in [0.05, 0.1) is 0 Å². The first-order chi connectivity index (χ1) is 10.6. The Bertz CT molecular complexity index is 529. The normalized spacial score (nSPS) is 26.8. The molecule has 0 radical (unpaired) electrons. The van der Waals surface area contributed by atoms with Crippen LogP contribution in [0.3, 0.4) is 0 Å². The third kappa shape index (κ3) is 3.89. The summed E-state index contributed by atoms with van der Waals surface area (Å²) in [6, 6.07) is 9.12. The quantitative estimate of drug-likeness (QED) is 0.911. The van der Waals surface area contributed by atoms with E-state index in [1.54, 1.807) is 0 Å². The van der Waals surface area contributed by atoms with Crippen LogP contribution >= 0.6 is 12.4 Å². The molecule has 3 rings (SSSR count). The minimum atomic E-state index is 0. The van der Waals surface area contributed by atoms with Crippen LogP contribution < -0.4 is 5.73 Å². The van der Waals surface area contributed by atoms with E-state index in [2.05, 4.69) is 43.0 Å². The molecule has 0 bridgehead atoms. The summed E-state index contributed by atoms with van der Waals surface area (Å²) in [5, 5.41) is 0. The first-order valence-corrected chi connectivity index (χ1v) is 8.72. The molecular weight excluding hydrogens is 308 g/mol. The van der Waals surface area contributed by atoms with Crippen LogP contribution in [0, 0.1) is 5.92 Å². The molecule has 1 aliphatic carbocycles. The number of piperidine rings is 1. The summed E-state index contributed by atoms with van der Waals surface area (Å²) in [7, 11) is 0. The summed E-state index contributed by atoms with van der Waals surface area (Å²) in [5.74, 6) is 1.52. The highest BCUT2D eigenvalue weighted by molar-refractivity contribution is 5.85. The van der Waals surface area contributed by atoms with Crippen molar-refractivity contribution in [2.75, 3.05) is 13.1 Å². The molecule has 1 aliphatic heterocycles. The molecule has 1 saturated heterocycles. The second kappa shape index (κ2) is 7.67. The van der Waals surface area contributed by atoms with E-state index in [9.17, 15) is 4.79 Å². The maximum absolute atomic E-state index is 12.8. The van der Waals surface area contributed by atoms with Crippen LogP contribution in [-0.4, -0.2) is 29.9 Å². The lowest BCUT2D eigenvalue weighted by molar-refractivity contribution is -0.136. The number of nitrogens with zero attached hydrogens (tertiary/aromatic N) is 1. The highest BCUT2D eigenvalue weighted by atomic mass is 35.5. The van der Waals surface area contributed by atoms with Crippen molar-refractivity contribution in [1.29, 1.82) is 0 Å². The number of rotatable bonds is 4. The Morgan fingerprint density at radius 1 is 1.26 bits per heavy atom. The van der Waals surface area contributed by atoms with Crippen molar-refractivity contribution in [3.05, 3.63) is 35.4 Å². The van der Waals surface area contributed by atoms with Crippen molar-refractivity contribution in [3.8, 4) is 0 Å². The molecular formula is C19H29ClN2O. The maximum Gasteiger partial charge on any atom is 0.226 e. The van der Waals surface area contributed by atoms with Gasteiger partial charge in [-0.05, 0) is 48.6 Å². The van der Waals surface area contributed by atoms with Gasteiger partial charge >= 0.3 is 0 Å². The second-order valence-corrected chi connectivity index (χ2v) is 7.19. The highest BCUT2D eigenvalue weighted by Crippen LogP contribution is 2.49. The highest BCUT2D eigenvalue weighted by Gasteiger charge is 2.46. The van der Waals surface area contributed by atoms with E-state index < -0.39 is 0 Å². The topological polar surface area (TPSA) is 46.3 Å². The van der Waals surface area contributed by atoms with Crippen molar-refractivity contribution >= 4 is 18.3 Å². The Morgan fingerprint density at radius 3 is 2.57 bits per heavy atom. The molecule has 1 amide bonds. The SMILES string of the molecule is CC(C)c1ccc(C2CC2C(=O)N2CCCCC2CN)cc1.Cl. The van der Waals surface area contributed by atoms with Crippen molar-refractivity contribution < 1.29 is 4.79 Å². The third-order valence-electron chi connectivity index (χ3n) is 5.32. The van der Waals surface area contributed by atoms with Crippen molar-refractivity contribution in [2.45, 2.75) is 57.4 Å². The lowest BCUT2D eigenvalue weighted by Gasteiger charge is -2.35. The number of carbonyl (C=O) groups is 1. The molecule has 4 heteroatoms. The number of hydrogen-bond acceptors (Lipinski definition) is 2. The summed E-state index contributed by atoms with van der Waals surface area (Å²) in [4.78, 5) is 14.8. The van der Waals surface area contributed by atoms with Gasteiger partial charge in [0.1, 0.15) is 0 Å². The standard InChI is InChI=1S/C19H28N2O.ClH/c1-13(2)14-6-8-15(9-7-14)17-11-18(17)19(22)21-10-4-3-5-16(21)12-20;/h6-9,13,16-18H,3-5,10-12,20H2,1-2H3;1H. The molecule has 2 fully saturated rings. The van der Waals surface area contributed by atoms with Crippen LogP contribution in [0.1, 0.15) is 62.5 Å². The first-order valence-electron chi connectivity index (χ1n) is 8.72. The summed E-state index contributed by atoms with van der Waals surface area (Å²) in [6.07, 6.45) is 4.41. The third-order valence-corrected chi connectivity index (χ3v) is 5.32. The van der Waals surface area contributed by atoms with E-state index >= 15 is 0 Å². The van der Waals surface area contributed by atoms with E-state index in [1.165, 1.54) is 17.5 Å². The zero-order chi connectivity index (χ0) is 15.7. The smallest absolute Gasteiger partial charge is 0.226 e. The summed E-state index contributed by atoms with van der Waals surface area (Å²) < 4.78 is 0. The Hall–Kier alpha value is -1.06. The molecule has 128 valence electrons. The Balaban J connectivity index is 0.00000192. The van der Waals surface area contributed by atoms with Crippen molar-refractivity contribution in [3.63, 3.8) is 0 Å². The van der Waals surface area contributed by atoms with Crippen molar-refractivity contribution in [1.82, 2.24) is 4.90 Å². The number of benzene rings is 1. The van der Waals surface area contributed by atoms with E-state index in [-0.39, 0.29) is 24.4 Å². The second-order valence-electron chi connectivity index (χ2n) is 7.19. The van der Waals surface area contributed by atoms with E-state index in [4.69, 9.17) is 5.73 Å². The largest absolute Gasteiger partial charge is 0.338 e. The molecule has 0 aromatic heterocycles. The molecule has 2 aliphatic rings. The molecule has 1 aromatic rings. The monoisotopic (exact) mass is 336 g/mol. The predicted molar refractivity (Wildman–Crippen MR) is 97.0 cm³/mol. The van der Waals surface area contributed by atoms with Gasteiger partial charge in [0, 0.05) is 25.0 Å². The van der Waals surface area contributed by atoms with Crippen LogP contribution in [0.15, 0.2) is 24.3 Å². The average Bonchev–Trinajstić information content (AvgIpc) is 3.35. The Labute approximate surface area is 146 Å². The molecule has 1 aromatic carbocycles. The summed E-state index contributed by atoms with van der Waals surface area (Å²) in [5.41, 5.74) is 8.54. The molecule has 3 nitrogen and oxygen atoms in total. The van der Waals surface area contributed by atoms with Gasteiger partial charge in [-0.15, -0.1) is 12.4 Å². The molecule has 23 heavy (non-hydrogen) atoms. The number of nitrogens with two attached hydrogens (primary N) is 1. The zero-order valence-corrected chi connectivity index (χ0v) is 15.0. The van der Waals surface area contributed by atoms with Crippen LogP contribution in [0.25, 0.3) is 0 Å². The summed E-state index contributed by atoms with van der Waals surface area (Å²) >= 11 is 0. The molecule has 2 N–H and O–H groups in total. The predicted octanol–water partition coefficient (Wildman–Crippen LogP) is 3.68. The average molecular weight is 337 g/mol. The van der Waals surface area contributed by atoms with Gasteiger partial charge in [-0.1, -0.05) is 38.1 Å². The Morgan fingerprint density at radius 2 is 1.96 bits per heavy atom. The maximum atomic E-state index is 12.8. The van der Waals surface area contributed by atoms with E-state index in [0.717, 1.165) is 25.8 Å². The fraction of sp³-hybridized carbons (Fsp3) is 0.632. The van der Waals surface area contributed by atoms with Gasteiger partial charge in [-0.2, -0.15) is 0 Å². The van der Waals surface area contributed by atoms with E-state index in [1.807, 2.05) is 0 Å². The van der Waals surface area contributed by atoms with Gasteiger partial charge in [-0.3, -0.25) is 4.79 Å². The lowest BCUT2D eigenvalue weighted by atomic mass is 9.99. The number of halogens is 1. The fourth-order valence-electron chi connectivity index (χ4n) is 3.71. The van der Waals surface area contributed by atoms with Crippen LogP contribution in [0.5, 0.6) is 0 Å². The molecule has 1 saturated carbocycles. The number of likely N-dealkylation sites (tertiary alicyclic amines) is 1. The summed E-state index contributed by atoms with van der Waals surface area (Å²) in [6.45, 7) is 5.92. The van der Waals surface area contributed by atoms with E-state index in [0.29, 0.717) is 24.3 Å². The number of hydrogen-bond donors (Lipinski definition) is 1. The van der Waals surface area contributed by atoms with Crippen molar-refractivity contribution in [2.24, 2.45) is 11.7 Å².